The molecule has 0 aliphatic carbocycles. The number of benzene rings is 3. The summed E-state index contributed by atoms with van der Waals surface area (Å²) in [5, 5.41) is 12.1. The van der Waals surface area contributed by atoms with Crippen LogP contribution in [0, 0.1) is 0 Å². The SMILES string of the molecule is O=C(/C=C/Cc1ccccc1)Nc1cc(C=Cc2ccccc2)ccc1C(=O)O. The molecular formula is C25H21NO3. The van der Waals surface area contributed by atoms with Gasteiger partial charge in [0.1, 0.15) is 0 Å². The van der Waals surface area contributed by atoms with Crippen LogP contribution in [-0.2, 0) is 11.2 Å². The first kappa shape index (κ1) is 19.8. The molecule has 0 radical (unpaired) electrons. The van der Waals surface area contributed by atoms with Gasteiger partial charge >= 0.3 is 5.97 Å². The normalized spacial score (nSPS) is 11.0. The lowest BCUT2D eigenvalue weighted by Crippen LogP contribution is -2.12. The number of allylic oxidation sites excluding steroid dienone is 1. The molecule has 0 bridgehead atoms. The van der Waals surface area contributed by atoms with Crippen molar-refractivity contribution in [2.24, 2.45) is 0 Å². The van der Waals surface area contributed by atoms with E-state index in [1.165, 1.54) is 12.1 Å². The molecule has 4 nitrogen and oxygen atoms in total. The quantitative estimate of drug-likeness (QED) is 0.430. The largest absolute Gasteiger partial charge is 0.478 e. The van der Waals surface area contributed by atoms with Gasteiger partial charge in [-0.1, -0.05) is 85.0 Å². The third kappa shape index (κ3) is 6.04. The Kier molecular flexibility index (Phi) is 6.74. The van der Waals surface area contributed by atoms with Gasteiger partial charge in [-0.3, -0.25) is 4.79 Å². The van der Waals surface area contributed by atoms with Crippen LogP contribution in [0.4, 0.5) is 5.69 Å². The van der Waals surface area contributed by atoms with Gasteiger partial charge in [0.05, 0.1) is 11.3 Å². The number of amides is 1. The summed E-state index contributed by atoms with van der Waals surface area (Å²) >= 11 is 0. The van der Waals surface area contributed by atoms with Crippen molar-refractivity contribution in [3.8, 4) is 0 Å². The van der Waals surface area contributed by atoms with Gasteiger partial charge in [0, 0.05) is 0 Å². The molecule has 3 aromatic rings. The molecule has 0 spiro atoms. The molecule has 29 heavy (non-hydrogen) atoms. The van der Waals surface area contributed by atoms with Crippen LogP contribution < -0.4 is 5.32 Å². The van der Waals surface area contributed by atoms with E-state index in [0.717, 1.165) is 16.7 Å². The maximum Gasteiger partial charge on any atom is 0.337 e. The number of nitrogens with one attached hydrogen (secondary N) is 1. The second kappa shape index (κ2) is 9.85. The standard InChI is InChI=1S/C25H21NO3/c27-24(13-7-12-19-8-3-1-4-9-19)26-23-18-21(16-17-22(23)25(28)29)15-14-20-10-5-2-6-11-20/h1-11,13-18H,12H2,(H,26,27)(H,28,29)/b13-7+,15-14?. The molecule has 0 fully saturated rings. The lowest BCUT2D eigenvalue weighted by molar-refractivity contribution is -0.111. The Balaban J connectivity index is 1.73. The van der Waals surface area contributed by atoms with Gasteiger partial charge in [-0.2, -0.15) is 0 Å². The van der Waals surface area contributed by atoms with Crippen LogP contribution in [0.2, 0.25) is 0 Å². The molecule has 0 aromatic heterocycles. The zero-order valence-corrected chi connectivity index (χ0v) is 15.8. The number of carbonyl (C=O) groups excluding carboxylic acids is 1. The fourth-order valence-electron chi connectivity index (χ4n) is 2.80. The average Bonchev–Trinajstić information content (AvgIpc) is 2.74. The first-order valence-electron chi connectivity index (χ1n) is 9.24. The van der Waals surface area contributed by atoms with Gasteiger partial charge < -0.3 is 10.4 Å². The summed E-state index contributed by atoms with van der Waals surface area (Å²) in [4.78, 5) is 23.8. The molecule has 3 aromatic carbocycles. The first-order valence-corrected chi connectivity index (χ1v) is 9.24. The Morgan fingerprint density at radius 2 is 1.48 bits per heavy atom. The Morgan fingerprint density at radius 3 is 2.17 bits per heavy atom. The number of anilines is 1. The second-order valence-electron chi connectivity index (χ2n) is 6.44. The Hall–Kier alpha value is -3.92. The van der Waals surface area contributed by atoms with Crippen molar-refractivity contribution in [3.63, 3.8) is 0 Å². The van der Waals surface area contributed by atoms with E-state index in [-0.39, 0.29) is 17.2 Å². The molecule has 144 valence electrons. The molecule has 1 amide bonds. The summed E-state index contributed by atoms with van der Waals surface area (Å²) in [7, 11) is 0. The van der Waals surface area contributed by atoms with E-state index in [0.29, 0.717) is 6.42 Å². The summed E-state index contributed by atoms with van der Waals surface area (Å²) in [5.74, 6) is -1.46. The van der Waals surface area contributed by atoms with E-state index in [1.54, 1.807) is 18.2 Å². The van der Waals surface area contributed by atoms with Crippen molar-refractivity contribution >= 4 is 29.7 Å². The first-order chi connectivity index (χ1) is 14.1. The summed E-state index contributed by atoms with van der Waals surface area (Å²) in [6.07, 6.45) is 7.61. The summed E-state index contributed by atoms with van der Waals surface area (Å²) in [6, 6.07) is 24.4. The maximum atomic E-state index is 12.3. The van der Waals surface area contributed by atoms with E-state index in [9.17, 15) is 14.7 Å². The Bertz CT molecular complexity index is 1040. The molecule has 4 heteroatoms. The predicted octanol–water partition coefficient (Wildman–Crippen LogP) is 5.29. The van der Waals surface area contributed by atoms with Gasteiger partial charge in [0.15, 0.2) is 0 Å². The van der Waals surface area contributed by atoms with Gasteiger partial charge in [-0.05, 0) is 41.3 Å². The van der Waals surface area contributed by atoms with Crippen molar-refractivity contribution in [1.82, 2.24) is 0 Å². The van der Waals surface area contributed by atoms with E-state index in [1.807, 2.05) is 72.8 Å². The second-order valence-corrected chi connectivity index (χ2v) is 6.44. The van der Waals surface area contributed by atoms with E-state index >= 15 is 0 Å². The van der Waals surface area contributed by atoms with Crippen LogP contribution in [0.15, 0.2) is 91.0 Å². The van der Waals surface area contributed by atoms with Crippen LogP contribution in [-0.4, -0.2) is 17.0 Å². The van der Waals surface area contributed by atoms with E-state index in [4.69, 9.17) is 0 Å². The number of rotatable bonds is 7. The zero-order chi connectivity index (χ0) is 20.5. The summed E-state index contributed by atoms with van der Waals surface area (Å²) in [5.41, 5.74) is 3.23. The van der Waals surface area contributed by atoms with Gasteiger partial charge in [0.25, 0.3) is 0 Å². The molecule has 0 aliphatic rings. The van der Waals surface area contributed by atoms with Gasteiger partial charge in [-0.25, -0.2) is 4.79 Å². The molecule has 0 aliphatic heterocycles. The van der Waals surface area contributed by atoms with Crippen molar-refractivity contribution in [1.29, 1.82) is 0 Å². The lowest BCUT2D eigenvalue weighted by Gasteiger charge is -2.08. The molecule has 0 unspecified atom stereocenters. The fourth-order valence-corrected chi connectivity index (χ4v) is 2.80. The van der Waals surface area contributed by atoms with E-state index < -0.39 is 5.97 Å². The molecule has 0 atom stereocenters. The predicted molar refractivity (Wildman–Crippen MR) is 117 cm³/mol. The van der Waals surface area contributed by atoms with Gasteiger partial charge in [-0.15, -0.1) is 0 Å². The summed E-state index contributed by atoms with van der Waals surface area (Å²) < 4.78 is 0. The Morgan fingerprint density at radius 1 is 0.828 bits per heavy atom. The lowest BCUT2D eigenvalue weighted by atomic mass is 10.1. The highest BCUT2D eigenvalue weighted by atomic mass is 16.4. The molecular weight excluding hydrogens is 362 g/mol. The van der Waals surface area contributed by atoms with E-state index in [2.05, 4.69) is 5.32 Å². The molecule has 0 heterocycles. The highest BCUT2D eigenvalue weighted by Crippen LogP contribution is 2.20. The highest BCUT2D eigenvalue weighted by Gasteiger charge is 2.11. The minimum absolute atomic E-state index is 0.0478. The van der Waals surface area contributed by atoms with Crippen molar-refractivity contribution in [3.05, 3.63) is 113 Å². The van der Waals surface area contributed by atoms with Crippen LogP contribution in [0.1, 0.15) is 27.0 Å². The maximum absolute atomic E-state index is 12.3. The minimum Gasteiger partial charge on any atom is -0.478 e. The monoisotopic (exact) mass is 383 g/mol. The van der Waals surface area contributed by atoms with Crippen LogP contribution in [0.25, 0.3) is 12.2 Å². The third-order valence-electron chi connectivity index (χ3n) is 4.27. The van der Waals surface area contributed by atoms with Crippen LogP contribution >= 0.6 is 0 Å². The molecule has 0 saturated heterocycles. The number of carboxylic acids is 1. The number of carbonyl (C=O) groups is 2. The topological polar surface area (TPSA) is 66.4 Å². The molecule has 2 N–H and O–H groups in total. The molecule has 0 saturated carbocycles. The van der Waals surface area contributed by atoms with Gasteiger partial charge in [0.2, 0.25) is 5.91 Å². The molecule has 3 rings (SSSR count). The number of aromatic carboxylic acids is 1. The van der Waals surface area contributed by atoms with Crippen molar-refractivity contribution < 1.29 is 14.7 Å². The minimum atomic E-state index is -1.09. The smallest absolute Gasteiger partial charge is 0.337 e. The van der Waals surface area contributed by atoms with Crippen LogP contribution in [0.5, 0.6) is 0 Å². The number of carboxylic acid groups (broad SMARTS) is 1. The highest BCUT2D eigenvalue weighted by molar-refractivity contribution is 6.04. The number of hydrogen-bond donors (Lipinski definition) is 2. The summed E-state index contributed by atoms with van der Waals surface area (Å²) in [6.45, 7) is 0. The average molecular weight is 383 g/mol. The Labute approximate surface area is 169 Å². The number of hydrogen-bond acceptors (Lipinski definition) is 2. The fraction of sp³-hybridized carbons (Fsp3) is 0.0400. The van der Waals surface area contributed by atoms with Crippen LogP contribution in [0.3, 0.4) is 0 Å². The zero-order valence-electron chi connectivity index (χ0n) is 15.8. The van der Waals surface area contributed by atoms with Crippen molar-refractivity contribution in [2.45, 2.75) is 6.42 Å². The van der Waals surface area contributed by atoms with Crippen molar-refractivity contribution in [2.75, 3.05) is 5.32 Å². The third-order valence-corrected chi connectivity index (χ3v) is 4.27.